The molecule has 1 N–H and O–H groups in total. The molecule has 0 aliphatic carbocycles. The van der Waals surface area contributed by atoms with Gasteiger partial charge in [0.05, 0.1) is 23.1 Å². The molecule has 28 heavy (non-hydrogen) atoms. The second kappa shape index (κ2) is 6.34. The summed E-state index contributed by atoms with van der Waals surface area (Å²) in [5.41, 5.74) is 4.15. The Labute approximate surface area is 162 Å². The number of benzene rings is 1. The monoisotopic (exact) mass is 371 g/mol. The average Bonchev–Trinajstić information content (AvgIpc) is 3.28. The lowest BCUT2D eigenvalue weighted by Gasteiger charge is -2.25. The van der Waals surface area contributed by atoms with E-state index in [1.807, 2.05) is 41.9 Å². The number of aryl methyl sites for hydroxylation is 3. The van der Waals surface area contributed by atoms with Crippen LogP contribution in [-0.4, -0.2) is 30.2 Å². The molecule has 0 amide bonds. The van der Waals surface area contributed by atoms with E-state index in [0.717, 1.165) is 59.9 Å². The molecule has 0 spiro atoms. The van der Waals surface area contributed by atoms with Crippen LogP contribution in [0.2, 0.25) is 0 Å². The molecule has 1 aliphatic heterocycles. The number of aromatic nitrogens is 5. The molecule has 4 aromatic rings. The average molecular weight is 371 g/mol. The molecule has 1 aliphatic rings. The summed E-state index contributed by atoms with van der Waals surface area (Å²) in [6, 6.07) is 12.6. The van der Waals surface area contributed by atoms with Crippen molar-refractivity contribution in [1.29, 1.82) is 5.26 Å². The van der Waals surface area contributed by atoms with Gasteiger partial charge in [-0.05, 0) is 37.1 Å². The predicted octanol–water partition coefficient (Wildman–Crippen LogP) is 3.25. The van der Waals surface area contributed by atoms with Gasteiger partial charge in [-0.3, -0.25) is 4.40 Å². The first-order chi connectivity index (χ1) is 13.7. The Morgan fingerprint density at radius 2 is 2.14 bits per heavy atom. The molecule has 1 aromatic carbocycles. The van der Waals surface area contributed by atoms with Gasteiger partial charge in [-0.1, -0.05) is 19.1 Å². The summed E-state index contributed by atoms with van der Waals surface area (Å²) in [6.45, 7) is 4.83. The summed E-state index contributed by atoms with van der Waals surface area (Å²) < 4.78 is 4.09. The van der Waals surface area contributed by atoms with Crippen molar-refractivity contribution in [3.05, 3.63) is 53.1 Å². The number of para-hydroxylation sites is 2. The van der Waals surface area contributed by atoms with E-state index < -0.39 is 0 Å². The van der Waals surface area contributed by atoms with E-state index in [2.05, 4.69) is 32.8 Å². The molecule has 0 fully saturated rings. The summed E-state index contributed by atoms with van der Waals surface area (Å²) in [4.78, 5) is 9.33. The van der Waals surface area contributed by atoms with Crippen LogP contribution in [0.25, 0.3) is 16.7 Å². The number of anilines is 1. The molecule has 0 saturated heterocycles. The largest absolute Gasteiger partial charge is 0.367 e. The number of nitrogens with zero attached hydrogens (tertiary/aromatic N) is 6. The van der Waals surface area contributed by atoms with Crippen LogP contribution in [-0.2, 0) is 19.4 Å². The maximum atomic E-state index is 9.65. The molecular formula is C21H21N7. The maximum Gasteiger partial charge on any atom is 0.157 e. The van der Waals surface area contributed by atoms with Crippen molar-refractivity contribution in [1.82, 2.24) is 24.1 Å². The minimum atomic E-state index is 0.246. The number of rotatable bonds is 3. The van der Waals surface area contributed by atoms with Gasteiger partial charge in [-0.15, -0.1) is 0 Å². The third kappa shape index (κ3) is 2.53. The van der Waals surface area contributed by atoms with E-state index in [1.54, 1.807) is 0 Å². The summed E-state index contributed by atoms with van der Waals surface area (Å²) in [7, 11) is 0. The molecule has 0 bridgehead atoms. The summed E-state index contributed by atoms with van der Waals surface area (Å²) in [5.74, 6) is 2.95. The highest BCUT2D eigenvalue weighted by Crippen LogP contribution is 2.28. The quantitative estimate of drug-likeness (QED) is 0.598. The van der Waals surface area contributed by atoms with Crippen LogP contribution < -0.4 is 5.32 Å². The fourth-order valence-electron chi connectivity index (χ4n) is 4.04. The number of imidazole rings is 1. The highest BCUT2D eigenvalue weighted by molar-refractivity contribution is 5.85. The fourth-order valence-corrected chi connectivity index (χ4v) is 4.04. The Bertz CT molecular complexity index is 1240. The number of hydrogen-bond acceptors (Lipinski definition) is 5. The van der Waals surface area contributed by atoms with E-state index >= 15 is 0 Å². The van der Waals surface area contributed by atoms with Crippen LogP contribution in [0.3, 0.4) is 0 Å². The minimum Gasteiger partial charge on any atom is -0.367 e. The number of nitrogens with one attached hydrogen (secondary N) is 1. The van der Waals surface area contributed by atoms with Crippen LogP contribution in [0.1, 0.15) is 36.1 Å². The Kier molecular flexibility index (Phi) is 3.79. The van der Waals surface area contributed by atoms with Crippen molar-refractivity contribution < 1.29 is 0 Å². The standard InChI is InChI=1S/C21H21N7/c1-3-18-25-19-9-8-14(12-27(19)26-18)23-20-10-13(2)15(11-22)21-24-16-6-4-5-7-17(16)28(20)21/h4-7,10,14,23H,3,8-9,12H2,1-2H3. The van der Waals surface area contributed by atoms with Crippen molar-refractivity contribution in [3.63, 3.8) is 0 Å². The molecule has 1 atom stereocenters. The smallest absolute Gasteiger partial charge is 0.157 e. The second-order valence-corrected chi connectivity index (χ2v) is 7.32. The van der Waals surface area contributed by atoms with Gasteiger partial charge in [-0.25, -0.2) is 14.6 Å². The predicted molar refractivity (Wildman–Crippen MR) is 107 cm³/mol. The van der Waals surface area contributed by atoms with Crippen molar-refractivity contribution in [2.45, 2.75) is 45.7 Å². The molecule has 140 valence electrons. The third-order valence-electron chi connectivity index (χ3n) is 5.45. The van der Waals surface area contributed by atoms with Crippen molar-refractivity contribution >= 4 is 22.5 Å². The van der Waals surface area contributed by atoms with Crippen molar-refractivity contribution in [2.24, 2.45) is 0 Å². The van der Waals surface area contributed by atoms with Gasteiger partial charge in [-0.2, -0.15) is 10.4 Å². The Balaban J connectivity index is 1.59. The van der Waals surface area contributed by atoms with Crippen LogP contribution in [0.4, 0.5) is 5.82 Å². The SMILES string of the molecule is CCc1nc2n(n1)CC(Nc1cc(C)c(C#N)c3nc4ccccc4n13)CC2. The fraction of sp³-hybridized carbons (Fsp3) is 0.333. The highest BCUT2D eigenvalue weighted by atomic mass is 15.4. The molecule has 3 aromatic heterocycles. The van der Waals surface area contributed by atoms with Gasteiger partial charge in [0.1, 0.15) is 17.7 Å². The topological polar surface area (TPSA) is 83.8 Å². The molecular weight excluding hydrogens is 350 g/mol. The Morgan fingerprint density at radius 1 is 1.29 bits per heavy atom. The van der Waals surface area contributed by atoms with Gasteiger partial charge >= 0.3 is 0 Å². The molecule has 7 nitrogen and oxygen atoms in total. The molecule has 0 radical (unpaired) electrons. The summed E-state index contributed by atoms with van der Waals surface area (Å²) in [6.07, 6.45) is 2.76. The van der Waals surface area contributed by atoms with E-state index in [1.165, 1.54) is 0 Å². The summed E-state index contributed by atoms with van der Waals surface area (Å²) >= 11 is 0. The molecule has 1 unspecified atom stereocenters. The molecule has 4 heterocycles. The lowest BCUT2D eigenvalue weighted by atomic mass is 10.1. The lowest BCUT2D eigenvalue weighted by molar-refractivity contribution is 0.439. The minimum absolute atomic E-state index is 0.246. The van der Waals surface area contributed by atoms with Crippen molar-refractivity contribution in [3.8, 4) is 6.07 Å². The maximum absolute atomic E-state index is 9.65. The van der Waals surface area contributed by atoms with Gasteiger partial charge in [0, 0.05) is 18.9 Å². The number of fused-ring (bicyclic) bond motifs is 4. The normalized spacial score (nSPS) is 16.2. The van der Waals surface area contributed by atoms with Gasteiger partial charge in [0.2, 0.25) is 0 Å². The van der Waals surface area contributed by atoms with E-state index in [9.17, 15) is 5.26 Å². The van der Waals surface area contributed by atoms with Crippen LogP contribution >= 0.6 is 0 Å². The Morgan fingerprint density at radius 3 is 2.96 bits per heavy atom. The van der Waals surface area contributed by atoms with E-state index in [4.69, 9.17) is 4.98 Å². The highest BCUT2D eigenvalue weighted by Gasteiger charge is 2.23. The first-order valence-corrected chi connectivity index (χ1v) is 9.68. The van der Waals surface area contributed by atoms with Gasteiger partial charge < -0.3 is 5.32 Å². The van der Waals surface area contributed by atoms with Gasteiger partial charge in [0.25, 0.3) is 0 Å². The first kappa shape index (κ1) is 16.8. The summed E-state index contributed by atoms with van der Waals surface area (Å²) in [5, 5.41) is 17.9. The van der Waals surface area contributed by atoms with E-state index in [0.29, 0.717) is 11.2 Å². The molecule has 0 saturated carbocycles. The van der Waals surface area contributed by atoms with Crippen LogP contribution in [0.5, 0.6) is 0 Å². The third-order valence-corrected chi connectivity index (χ3v) is 5.45. The number of nitriles is 1. The van der Waals surface area contributed by atoms with E-state index in [-0.39, 0.29) is 6.04 Å². The molecule has 7 heteroatoms. The number of pyridine rings is 1. The lowest BCUT2D eigenvalue weighted by Crippen LogP contribution is -2.32. The van der Waals surface area contributed by atoms with Crippen LogP contribution in [0.15, 0.2) is 30.3 Å². The first-order valence-electron chi connectivity index (χ1n) is 9.68. The zero-order valence-electron chi connectivity index (χ0n) is 16.0. The van der Waals surface area contributed by atoms with Crippen LogP contribution in [0, 0.1) is 18.3 Å². The van der Waals surface area contributed by atoms with Gasteiger partial charge in [0.15, 0.2) is 11.5 Å². The molecule has 5 rings (SSSR count). The number of hydrogen-bond donors (Lipinski definition) is 1. The zero-order valence-corrected chi connectivity index (χ0v) is 16.0. The zero-order chi connectivity index (χ0) is 19.3. The van der Waals surface area contributed by atoms with Crippen molar-refractivity contribution in [2.75, 3.05) is 5.32 Å². The second-order valence-electron chi connectivity index (χ2n) is 7.32. The Hall–Kier alpha value is -3.40.